The van der Waals surface area contributed by atoms with Crippen LogP contribution >= 0.6 is 0 Å². The first-order chi connectivity index (χ1) is 26.4. The van der Waals surface area contributed by atoms with Gasteiger partial charge in [0, 0.05) is 13.0 Å². The van der Waals surface area contributed by atoms with Gasteiger partial charge in [-0.3, -0.25) is 0 Å². The zero-order chi connectivity index (χ0) is 40.7. The number of methoxy groups -OCH3 is 1. The molecule has 3 heterocycles. The number of hydrogen-bond donors (Lipinski definition) is 7. The van der Waals surface area contributed by atoms with Gasteiger partial charge in [0.2, 0.25) is 0 Å². The van der Waals surface area contributed by atoms with Crippen LogP contribution in [0.15, 0.2) is 23.3 Å². The monoisotopic (exact) mass is 794 g/mol. The van der Waals surface area contributed by atoms with E-state index in [0.717, 1.165) is 44.9 Å². The largest absolute Gasteiger partial charge is 0.394 e. The van der Waals surface area contributed by atoms with E-state index in [1.165, 1.54) is 5.57 Å². The lowest BCUT2D eigenvalue weighted by molar-refractivity contribution is -0.377. The first-order valence-corrected chi connectivity index (χ1v) is 21.1. The molecular weight excluding hydrogens is 724 g/mol. The molecule has 0 radical (unpaired) electrons. The molecule has 0 spiro atoms. The van der Waals surface area contributed by atoms with Gasteiger partial charge in [-0.1, -0.05) is 57.9 Å². The number of ether oxygens (including phenoxy) is 6. The Morgan fingerprint density at radius 1 is 0.768 bits per heavy atom. The van der Waals surface area contributed by atoms with E-state index in [-0.39, 0.29) is 46.1 Å². The first kappa shape index (κ1) is 43.1. The first-order valence-electron chi connectivity index (χ1n) is 21.1. The Morgan fingerprint density at radius 3 is 2.07 bits per heavy atom. The van der Waals surface area contributed by atoms with Gasteiger partial charge in [0.05, 0.1) is 25.4 Å². The maximum absolute atomic E-state index is 11.3. The van der Waals surface area contributed by atoms with Crippen LogP contribution < -0.4 is 0 Å². The van der Waals surface area contributed by atoms with Crippen molar-refractivity contribution in [3.63, 3.8) is 0 Å². The molecule has 4 aliphatic carbocycles. The highest BCUT2D eigenvalue weighted by atomic mass is 16.8. The Balaban J connectivity index is 1.11. The van der Waals surface area contributed by atoms with E-state index < -0.39 is 74.6 Å². The quantitative estimate of drug-likeness (QED) is 0.169. The Labute approximate surface area is 332 Å². The molecule has 13 heteroatoms. The van der Waals surface area contributed by atoms with Crippen molar-refractivity contribution in [1.82, 2.24) is 0 Å². The molecule has 20 atom stereocenters. The van der Waals surface area contributed by atoms with Crippen molar-refractivity contribution in [2.45, 2.75) is 180 Å². The van der Waals surface area contributed by atoms with Gasteiger partial charge < -0.3 is 64.2 Å². The van der Waals surface area contributed by atoms with Crippen molar-refractivity contribution >= 4 is 0 Å². The number of aliphatic hydroxyl groups excluding tert-OH is 7. The third kappa shape index (κ3) is 6.80. The lowest BCUT2D eigenvalue weighted by Gasteiger charge is -2.65. The maximum atomic E-state index is 11.3. The van der Waals surface area contributed by atoms with Crippen molar-refractivity contribution in [3.05, 3.63) is 23.3 Å². The molecule has 6 fully saturated rings. The van der Waals surface area contributed by atoms with Crippen molar-refractivity contribution in [2.24, 2.45) is 45.3 Å². The van der Waals surface area contributed by atoms with Gasteiger partial charge in [-0.05, 0) is 105 Å². The van der Waals surface area contributed by atoms with Crippen molar-refractivity contribution < 1.29 is 64.2 Å². The van der Waals surface area contributed by atoms with Crippen LogP contribution in [0.4, 0.5) is 0 Å². The van der Waals surface area contributed by atoms with Crippen molar-refractivity contribution in [1.29, 1.82) is 0 Å². The summed E-state index contributed by atoms with van der Waals surface area (Å²) in [7, 11) is 1.78. The molecule has 3 aliphatic heterocycles. The minimum Gasteiger partial charge on any atom is -0.394 e. The summed E-state index contributed by atoms with van der Waals surface area (Å²) in [6.07, 6.45) is -2.40. The fraction of sp³-hybridized carbons (Fsp3) is 0.907. The highest BCUT2D eigenvalue weighted by Gasteiger charge is 2.67. The Morgan fingerprint density at radius 2 is 1.43 bits per heavy atom. The van der Waals surface area contributed by atoms with Gasteiger partial charge in [-0.25, -0.2) is 0 Å². The molecule has 3 saturated heterocycles. The van der Waals surface area contributed by atoms with E-state index in [9.17, 15) is 35.7 Å². The molecule has 320 valence electrons. The molecular formula is C43H70O13. The number of rotatable bonds is 9. The van der Waals surface area contributed by atoms with Crippen LogP contribution in [-0.4, -0.2) is 136 Å². The van der Waals surface area contributed by atoms with E-state index in [4.69, 9.17) is 28.4 Å². The average Bonchev–Trinajstić information content (AvgIpc) is 3.68. The predicted octanol–water partition coefficient (Wildman–Crippen LogP) is 2.94. The number of fused-ring (bicyclic) bond motifs is 5. The van der Waals surface area contributed by atoms with Crippen LogP contribution in [0.25, 0.3) is 0 Å². The fourth-order valence-electron chi connectivity index (χ4n) is 13.2. The molecule has 7 N–H and O–H groups in total. The fourth-order valence-corrected chi connectivity index (χ4v) is 13.2. The Bertz CT molecular complexity index is 1460. The van der Waals surface area contributed by atoms with Gasteiger partial charge in [0.15, 0.2) is 18.9 Å². The summed E-state index contributed by atoms with van der Waals surface area (Å²) in [4.78, 5) is 0. The molecule has 0 aromatic heterocycles. The van der Waals surface area contributed by atoms with Crippen molar-refractivity contribution in [2.75, 3.05) is 20.3 Å². The molecule has 56 heavy (non-hydrogen) atoms. The highest BCUT2D eigenvalue weighted by molar-refractivity contribution is 5.33. The average molecular weight is 795 g/mol. The van der Waals surface area contributed by atoms with E-state index >= 15 is 0 Å². The minimum absolute atomic E-state index is 0.0128. The smallest absolute Gasteiger partial charge is 0.187 e. The van der Waals surface area contributed by atoms with Gasteiger partial charge in [0.25, 0.3) is 0 Å². The summed E-state index contributed by atoms with van der Waals surface area (Å²) in [6, 6.07) is 0. The minimum atomic E-state index is -1.73. The molecule has 0 unspecified atom stereocenters. The lowest BCUT2D eigenvalue weighted by atomic mass is 9.41. The summed E-state index contributed by atoms with van der Waals surface area (Å²) in [5.74, 6) is 1.55. The van der Waals surface area contributed by atoms with E-state index in [1.54, 1.807) is 12.7 Å². The molecule has 0 amide bonds. The SMILES string of the molecule is CO[C@@H]1O[C@H](C=C(C)C)C[C@H]1[C@@H]1CC[C@]2(C)C3=CC[C@H]4C(C)(C)[C@@H](O[C@@H]5O[C@H](CO)[C@@H](O)[C@H](O)[C@H]5O[C@@H]5O[C@H](CO)[C@@H](O)[C@H](O)[C@H]5O)CC[C@]4(C)[C@H]3CC[C@@]12C. The summed E-state index contributed by atoms with van der Waals surface area (Å²) in [5.41, 5.74) is 2.74. The molecule has 7 aliphatic rings. The standard InChI is InChI=1S/C43H70O13/c1-21(2)17-22-18-23(37(51-8)52-22)24-11-15-43(7)26-9-10-29-40(3,4)30(13-14-41(29,5)25(26)12-16-42(24,43)6)55-39-36(34(49)32(47)28(20-45)54-39)56-38-35(50)33(48)31(46)27(19-44)53-38/h9,17,22-25,27-39,44-50H,10-16,18-20H2,1-8H3/t22-,23+,24+,25+,27-,28-,29+,30+,31-,32-,33+,34+,35-,36-,37-,38+,39+,41-,42+,43-/m1/s1. The normalized spacial score (nSPS) is 52.8. The topological polar surface area (TPSA) is 197 Å². The van der Waals surface area contributed by atoms with E-state index in [1.807, 2.05) is 0 Å². The number of allylic oxidation sites excluding steroid dienone is 3. The molecule has 0 aromatic rings. The van der Waals surface area contributed by atoms with E-state index in [0.29, 0.717) is 24.2 Å². The van der Waals surface area contributed by atoms with Crippen LogP contribution in [0.2, 0.25) is 0 Å². The van der Waals surface area contributed by atoms with Gasteiger partial charge in [0.1, 0.15) is 48.8 Å². The van der Waals surface area contributed by atoms with Crippen LogP contribution in [0, 0.1) is 45.3 Å². The lowest BCUT2D eigenvalue weighted by Crippen LogP contribution is -2.65. The second-order valence-corrected chi connectivity index (χ2v) is 19.9. The molecule has 7 rings (SSSR count). The second kappa shape index (κ2) is 15.8. The van der Waals surface area contributed by atoms with Gasteiger partial charge in [-0.15, -0.1) is 0 Å². The summed E-state index contributed by atoms with van der Waals surface area (Å²) in [5, 5.41) is 73.4. The summed E-state index contributed by atoms with van der Waals surface area (Å²) < 4.78 is 36.9. The molecule has 3 saturated carbocycles. The Kier molecular flexibility index (Phi) is 12.1. The second-order valence-electron chi connectivity index (χ2n) is 19.9. The van der Waals surface area contributed by atoms with Crippen molar-refractivity contribution in [3.8, 4) is 0 Å². The van der Waals surface area contributed by atoms with Crippen LogP contribution in [0.1, 0.15) is 99.8 Å². The molecule has 13 nitrogen and oxygen atoms in total. The maximum Gasteiger partial charge on any atom is 0.187 e. The zero-order valence-electron chi connectivity index (χ0n) is 34.6. The van der Waals surface area contributed by atoms with Gasteiger partial charge >= 0.3 is 0 Å². The summed E-state index contributed by atoms with van der Waals surface area (Å²) in [6.45, 7) is 15.0. The zero-order valence-corrected chi connectivity index (χ0v) is 34.6. The van der Waals surface area contributed by atoms with Gasteiger partial charge in [-0.2, -0.15) is 0 Å². The van der Waals surface area contributed by atoms with Crippen LogP contribution in [0.5, 0.6) is 0 Å². The summed E-state index contributed by atoms with van der Waals surface area (Å²) >= 11 is 0. The number of hydrogen-bond acceptors (Lipinski definition) is 13. The molecule has 0 aromatic carbocycles. The van der Waals surface area contributed by atoms with Crippen LogP contribution in [-0.2, 0) is 28.4 Å². The highest BCUT2D eigenvalue weighted by Crippen LogP contribution is 2.74. The van der Waals surface area contributed by atoms with Crippen LogP contribution in [0.3, 0.4) is 0 Å². The third-order valence-electron chi connectivity index (χ3n) is 16.5. The van der Waals surface area contributed by atoms with E-state index in [2.05, 4.69) is 60.6 Å². The third-order valence-corrected chi connectivity index (χ3v) is 16.5. The molecule has 0 bridgehead atoms. The Hall–Kier alpha value is -1.04. The number of aliphatic hydroxyl groups is 7. The predicted molar refractivity (Wildman–Crippen MR) is 203 cm³/mol.